The second kappa shape index (κ2) is 44.0. The third-order valence-corrected chi connectivity index (χ3v) is 7.78. The number of aliphatic carboxylic acids is 1. The van der Waals surface area contributed by atoms with Crippen molar-refractivity contribution in [3.63, 3.8) is 0 Å². The molecule has 0 aliphatic rings. The normalized spacial score (nSPS) is 9.67. The molecule has 0 atom stereocenters. The Bertz CT molecular complexity index is 2780. The van der Waals surface area contributed by atoms with Crippen molar-refractivity contribution in [3.05, 3.63) is 109 Å². The Morgan fingerprint density at radius 2 is 1.08 bits per heavy atom. The summed E-state index contributed by atoms with van der Waals surface area (Å²) in [5.74, 6) is 0.909. The number of nitrogens with one attached hydrogen (secondary N) is 4. The summed E-state index contributed by atoms with van der Waals surface area (Å²) in [6, 6.07) is 0. The summed E-state index contributed by atoms with van der Waals surface area (Å²) in [6.07, 6.45) is 20.0. The number of carbonyl (C=O) groups excluding carboxylic acids is 9. The highest BCUT2D eigenvalue weighted by Gasteiger charge is 2.22. The molecular weight excluding hydrogens is 1110 g/mol. The van der Waals surface area contributed by atoms with E-state index in [1.165, 1.54) is 43.2 Å². The Labute approximate surface area is 487 Å². The first-order chi connectivity index (χ1) is 38.5. The van der Waals surface area contributed by atoms with Gasteiger partial charge in [0.25, 0.3) is 0 Å². The third kappa shape index (κ3) is 50.2. The summed E-state index contributed by atoms with van der Waals surface area (Å²) < 4.78 is 22.3. The first-order valence-corrected chi connectivity index (χ1v) is 24.5. The van der Waals surface area contributed by atoms with Gasteiger partial charge in [-0.15, -0.1) is 36.7 Å². The van der Waals surface area contributed by atoms with E-state index in [2.05, 4.69) is 103 Å². The molecule has 3 aromatic rings. The van der Waals surface area contributed by atoms with Crippen LogP contribution in [0.25, 0.3) is 10.4 Å². The molecule has 0 spiro atoms. The van der Waals surface area contributed by atoms with Crippen LogP contribution in [0.15, 0.2) is 87.0 Å². The summed E-state index contributed by atoms with van der Waals surface area (Å²) in [6.45, 7) is 33.3. The number of aryl methyl sites for hydroxylation is 2. The largest absolute Gasteiger partial charge is 0.546 e. The van der Waals surface area contributed by atoms with Gasteiger partial charge in [0.2, 0.25) is 35.4 Å². The van der Waals surface area contributed by atoms with E-state index in [9.17, 15) is 48.3 Å². The zero-order chi connectivity index (χ0) is 64.9. The third-order valence-electron chi connectivity index (χ3n) is 7.62. The molecule has 31 heteroatoms. The maximum Gasteiger partial charge on any atom is 0.351 e. The van der Waals surface area contributed by atoms with Crippen LogP contribution in [-0.2, 0) is 111 Å². The predicted molar refractivity (Wildman–Crippen MR) is 300 cm³/mol. The van der Waals surface area contributed by atoms with Gasteiger partial charge in [0.15, 0.2) is 30.3 Å². The topological polar surface area (TPSA) is 401 Å². The molecule has 83 heavy (non-hydrogen) atoms. The van der Waals surface area contributed by atoms with Crippen LogP contribution < -0.4 is 41.5 Å². The maximum absolute atomic E-state index is 11.7. The van der Waals surface area contributed by atoms with Crippen LogP contribution in [0.4, 0.5) is 0 Å². The summed E-state index contributed by atoms with van der Waals surface area (Å²) in [5, 5.41) is 38.7. The quantitative estimate of drug-likeness (QED) is 0.0111. The lowest BCUT2D eigenvalue weighted by Crippen LogP contribution is -2.45. The molecule has 0 saturated heterocycles. The number of nitrogens with two attached hydrogens (primary N) is 1. The van der Waals surface area contributed by atoms with Crippen molar-refractivity contribution in [2.75, 3.05) is 19.6 Å². The Kier molecular flexibility index (Phi) is 42.3. The Balaban J connectivity index is -0.000000464. The summed E-state index contributed by atoms with van der Waals surface area (Å²) in [5.41, 5.74) is 13.1. The highest BCUT2D eigenvalue weighted by molar-refractivity contribution is 6.66. The van der Waals surface area contributed by atoms with Crippen molar-refractivity contribution in [1.82, 2.24) is 56.1 Å². The number of hydrogen-bond acceptors (Lipinski definition) is 19. The molecule has 6 N–H and O–H groups in total. The van der Waals surface area contributed by atoms with Crippen molar-refractivity contribution in [1.29, 1.82) is 0 Å². The Morgan fingerprint density at radius 1 is 0.699 bits per heavy atom. The zero-order valence-corrected chi connectivity index (χ0v) is 49.6. The van der Waals surface area contributed by atoms with E-state index in [4.69, 9.17) is 43.5 Å². The molecule has 4 amide bonds. The molecule has 0 aliphatic carbocycles. The lowest BCUT2D eigenvalue weighted by Gasteiger charge is -2.19. The number of carbonyl (C=O) groups is 9. The van der Waals surface area contributed by atoms with Gasteiger partial charge in [-0.05, 0) is 110 Å². The van der Waals surface area contributed by atoms with Gasteiger partial charge < -0.3 is 51.1 Å². The Hall–Kier alpha value is -9.77. The second-order valence-electron chi connectivity index (χ2n) is 18.4. The zero-order valence-electron chi connectivity index (χ0n) is 48.8. The SMILES string of the molecule is C#CCN.C#CCNC(=O)C=C.C=CC(=O)Cl.C=CC(=O)NCc1c[n+](CC(=O)OC(C)(C)C)nn1C.C=CC(=O)NCc1c[n+](CC(=O)[O-])nn1C.C=CC(=O)NCc1cn(CC(=O)OC(C)(C)C)nn1.CC(C)(C)OC(=O)CN=[N+]=[N-]. The second-order valence-corrected chi connectivity index (χ2v) is 18.8. The molecule has 3 heterocycles. The molecule has 0 unspecified atom stereocenters. The number of rotatable bonds is 20. The van der Waals surface area contributed by atoms with E-state index in [1.54, 1.807) is 72.7 Å². The number of terminal acetylenes is 2. The number of carboxylic acids is 1. The van der Waals surface area contributed by atoms with Gasteiger partial charge in [-0.1, -0.05) is 55.1 Å². The minimum atomic E-state index is -1.22. The van der Waals surface area contributed by atoms with Gasteiger partial charge in [0.05, 0.1) is 55.3 Å². The smallest absolute Gasteiger partial charge is 0.351 e. The minimum absolute atomic E-state index is 0.0142. The van der Waals surface area contributed by atoms with E-state index in [0.717, 1.165) is 17.8 Å². The first-order valence-electron chi connectivity index (χ1n) is 24.1. The number of allylic oxidation sites excluding steroid dienone is 1. The van der Waals surface area contributed by atoms with Crippen LogP contribution in [0.1, 0.15) is 79.4 Å². The molecule has 0 fully saturated rings. The van der Waals surface area contributed by atoms with Crippen LogP contribution in [-0.4, -0.2) is 124 Å². The van der Waals surface area contributed by atoms with Crippen molar-refractivity contribution in [3.8, 4) is 24.7 Å². The minimum Gasteiger partial charge on any atom is -0.546 e. The van der Waals surface area contributed by atoms with E-state index in [1.807, 2.05) is 20.8 Å². The number of carboxylic acid groups (broad SMARTS) is 1. The van der Waals surface area contributed by atoms with Crippen molar-refractivity contribution >= 4 is 64.3 Å². The first kappa shape index (κ1) is 79.7. The summed E-state index contributed by atoms with van der Waals surface area (Å²) in [7, 11) is 3.39. The molecule has 454 valence electrons. The highest BCUT2D eigenvalue weighted by Crippen LogP contribution is 2.09. The number of nitrogens with zero attached hydrogens (tertiary/aromatic N) is 12. The number of hydrogen-bond donors (Lipinski definition) is 5. The summed E-state index contributed by atoms with van der Waals surface area (Å²) in [4.78, 5) is 99.4. The number of aromatic nitrogens is 9. The summed E-state index contributed by atoms with van der Waals surface area (Å²) >= 11 is 4.71. The predicted octanol–water partition coefficient (Wildman–Crippen LogP) is -0.391. The molecule has 0 saturated carbocycles. The standard InChI is InChI=1S/C13H20N4O3.C12H18N4O3.C9H12N4O3.C6H11N3O2.C6H7NO.C3H3ClO.C3H5N/c1-6-11(18)14-7-10-8-17(15-16(10)5)9-12(19)20-13(2,3)4;1-5-10(17)13-6-9-7-16(15-14-9)8-11(18)19-12(2,3)4;1-3-8(14)10-4-7-5-13(6-9(15)16)11-12(7)2;1-6(2,3)11-5(10)4-8-9-7;1-3-5-7-6(8)4-2;1-2-3(4)5;1-2-3-4/h6,8H,1,7,9H2,2-5H3;5,7H,1,6,8H2,2-4H3,(H,13,17);3,5H,1,4,6H2,2H3,(H-,10,14,15,16);4H2,1-3H3;1,4H,2,5H2,(H,7,8);2H,1H2;1H,3-4H2/p+1. The van der Waals surface area contributed by atoms with Gasteiger partial charge in [-0.3, -0.25) is 33.6 Å². The highest BCUT2D eigenvalue weighted by atomic mass is 35.5. The van der Waals surface area contributed by atoms with Crippen LogP contribution in [0.5, 0.6) is 0 Å². The van der Waals surface area contributed by atoms with Gasteiger partial charge >= 0.3 is 17.9 Å². The van der Waals surface area contributed by atoms with Gasteiger partial charge in [-0.25, -0.2) is 9.48 Å². The fourth-order valence-electron chi connectivity index (χ4n) is 4.56. The number of ether oxygens (including phenoxy) is 3. The molecule has 0 aliphatic heterocycles. The number of amides is 4. The number of halogens is 1. The van der Waals surface area contributed by atoms with Crippen LogP contribution in [0, 0.1) is 24.7 Å². The number of esters is 3. The van der Waals surface area contributed by atoms with Crippen molar-refractivity contribution in [2.45, 2.75) is 118 Å². The molecule has 0 radical (unpaired) electrons. The van der Waals surface area contributed by atoms with E-state index in [-0.39, 0.29) is 81.4 Å². The van der Waals surface area contributed by atoms with Gasteiger partial charge in [0.1, 0.15) is 49.7 Å². The van der Waals surface area contributed by atoms with Gasteiger partial charge in [0, 0.05) is 4.91 Å². The fourth-order valence-corrected chi connectivity index (χ4v) is 4.56. The van der Waals surface area contributed by atoms with Gasteiger partial charge in [-0.2, -0.15) is 0 Å². The lowest BCUT2D eigenvalue weighted by atomic mass is 10.2. The maximum atomic E-state index is 11.7. The number of azide groups is 1. The average molecular weight is 1180 g/mol. The molecule has 0 aromatic carbocycles. The van der Waals surface area contributed by atoms with Crippen molar-refractivity contribution in [2.24, 2.45) is 24.9 Å². The molecular formula is C52H77ClN17O13+. The lowest BCUT2D eigenvalue weighted by molar-refractivity contribution is -0.748. The Morgan fingerprint density at radius 3 is 1.45 bits per heavy atom. The molecule has 3 aromatic heterocycles. The van der Waals surface area contributed by atoms with E-state index >= 15 is 0 Å². The molecule has 30 nitrogen and oxygen atoms in total. The van der Waals surface area contributed by atoms with Crippen LogP contribution in [0.3, 0.4) is 0 Å². The average Bonchev–Trinajstić information content (AvgIpc) is 4.11. The monoisotopic (exact) mass is 1180 g/mol. The van der Waals surface area contributed by atoms with Crippen LogP contribution in [0.2, 0.25) is 0 Å². The fraction of sp³-hybridized carbons (Fsp3) is 0.442. The molecule has 3 rings (SSSR count). The van der Waals surface area contributed by atoms with E-state index < -0.39 is 34.0 Å². The van der Waals surface area contributed by atoms with Crippen LogP contribution >= 0.6 is 11.6 Å². The van der Waals surface area contributed by atoms with E-state index in [0.29, 0.717) is 24.5 Å². The molecule has 0 bridgehead atoms. The van der Waals surface area contributed by atoms with Crippen molar-refractivity contribution < 1.29 is 71.8 Å².